The standard InChI is InChI=1S/C13H22N2O/c1-2-3-6-15(12-4-5-12)9-13-7-11(8-14)10-16-13/h7,10,12H,2-6,8-9,14H2,1H3. The van der Waals surface area contributed by atoms with Crippen LogP contribution in [0.5, 0.6) is 0 Å². The molecule has 3 nitrogen and oxygen atoms in total. The Morgan fingerprint density at radius 1 is 1.50 bits per heavy atom. The van der Waals surface area contributed by atoms with Crippen molar-refractivity contribution in [3.05, 3.63) is 23.7 Å². The third-order valence-electron chi connectivity index (χ3n) is 3.16. The second kappa shape index (κ2) is 5.51. The number of rotatable bonds is 7. The third kappa shape index (κ3) is 3.09. The predicted molar refractivity (Wildman–Crippen MR) is 64.9 cm³/mol. The minimum absolute atomic E-state index is 0.571. The molecule has 0 unspecified atom stereocenters. The normalized spacial score (nSPS) is 15.9. The van der Waals surface area contributed by atoms with E-state index in [0.29, 0.717) is 6.54 Å². The first-order valence-corrected chi connectivity index (χ1v) is 6.34. The molecule has 0 bridgehead atoms. The molecule has 1 aromatic rings. The zero-order chi connectivity index (χ0) is 11.4. The molecule has 0 atom stereocenters. The number of nitrogens with two attached hydrogens (primary N) is 1. The van der Waals surface area contributed by atoms with E-state index < -0.39 is 0 Å². The number of unbranched alkanes of at least 4 members (excludes halogenated alkanes) is 1. The van der Waals surface area contributed by atoms with Crippen molar-refractivity contribution in [2.45, 2.75) is 51.7 Å². The zero-order valence-corrected chi connectivity index (χ0v) is 10.1. The van der Waals surface area contributed by atoms with Crippen molar-refractivity contribution < 1.29 is 4.42 Å². The molecule has 0 radical (unpaired) electrons. The third-order valence-corrected chi connectivity index (χ3v) is 3.16. The number of hydrogen-bond acceptors (Lipinski definition) is 3. The summed E-state index contributed by atoms with van der Waals surface area (Å²) in [6.45, 7) is 4.96. The first-order valence-electron chi connectivity index (χ1n) is 6.34. The molecule has 1 fully saturated rings. The van der Waals surface area contributed by atoms with Crippen LogP contribution in [0.1, 0.15) is 43.9 Å². The summed E-state index contributed by atoms with van der Waals surface area (Å²) in [5.74, 6) is 1.06. The first kappa shape index (κ1) is 11.7. The van der Waals surface area contributed by atoms with Crippen LogP contribution in [0.15, 0.2) is 16.7 Å². The van der Waals surface area contributed by atoms with Gasteiger partial charge in [-0.15, -0.1) is 0 Å². The van der Waals surface area contributed by atoms with Crippen molar-refractivity contribution in [1.29, 1.82) is 0 Å². The fourth-order valence-corrected chi connectivity index (χ4v) is 2.01. The summed E-state index contributed by atoms with van der Waals surface area (Å²) in [6.07, 6.45) is 7.03. The van der Waals surface area contributed by atoms with Gasteiger partial charge in [-0.25, -0.2) is 0 Å². The average molecular weight is 222 g/mol. The van der Waals surface area contributed by atoms with Crippen molar-refractivity contribution in [2.24, 2.45) is 5.73 Å². The van der Waals surface area contributed by atoms with Gasteiger partial charge in [-0.2, -0.15) is 0 Å². The van der Waals surface area contributed by atoms with Crippen LogP contribution in [0.2, 0.25) is 0 Å². The van der Waals surface area contributed by atoms with Gasteiger partial charge in [-0.05, 0) is 31.9 Å². The van der Waals surface area contributed by atoms with Crippen molar-refractivity contribution in [3.8, 4) is 0 Å². The molecule has 0 spiro atoms. The van der Waals surface area contributed by atoms with E-state index in [1.54, 1.807) is 6.26 Å². The molecule has 1 aromatic heterocycles. The summed E-state index contributed by atoms with van der Waals surface area (Å²) in [5, 5.41) is 0. The van der Waals surface area contributed by atoms with Gasteiger partial charge >= 0.3 is 0 Å². The fourth-order valence-electron chi connectivity index (χ4n) is 2.01. The Labute approximate surface area is 97.6 Å². The van der Waals surface area contributed by atoms with Gasteiger partial charge in [0.05, 0.1) is 12.8 Å². The van der Waals surface area contributed by atoms with Crippen LogP contribution < -0.4 is 5.73 Å². The van der Waals surface area contributed by atoms with Crippen LogP contribution in [-0.2, 0) is 13.1 Å². The molecule has 0 aliphatic heterocycles. The summed E-state index contributed by atoms with van der Waals surface area (Å²) in [5.41, 5.74) is 6.67. The summed E-state index contributed by atoms with van der Waals surface area (Å²) < 4.78 is 5.52. The minimum Gasteiger partial charge on any atom is -0.468 e. The van der Waals surface area contributed by atoms with Gasteiger partial charge in [0.15, 0.2) is 0 Å². The van der Waals surface area contributed by atoms with E-state index in [0.717, 1.165) is 23.9 Å². The molecular formula is C13H22N2O. The average Bonchev–Trinajstić information content (AvgIpc) is 3.05. The zero-order valence-electron chi connectivity index (χ0n) is 10.1. The lowest BCUT2D eigenvalue weighted by Gasteiger charge is -2.20. The number of hydrogen-bond donors (Lipinski definition) is 1. The largest absolute Gasteiger partial charge is 0.468 e. The Morgan fingerprint density at radius 2 is 2.31 bits per heavy atom. The highest BCUT2D eigenvalue weighted by atomic mass is 16.3. The monoisotopic (exact) mass is 222 g/mol. The van der Waals surface area contributed by atoms with Gasteiger partial charge < -0.3 is 10.2 Å². The lowest BCUT2D eigenvalue weighted by Crippen LogP contribution is -2.26. The highest BCUT2D eigenvalue weighted by Gasteiger charge is 2.28. The van der Waals surface area contributed by atoms with Gasteiger partial charge in [0.25, 0.3) is 0 Å². The van der Waals surface area contributed by atoms with Crippen molar-refractivity contribution in [2.75, 3.05) is 6.54 Å². The van der Waals surface area contributed by atoms with E-state index >= 15 is 0 Å². The topological polar surface area (TPSA) is 42.4 Å². The summed E-state index contributed by atoms with van der Waals surface area (Å²) in [6, 6.07) is 2.89. The Kier molecular flexibility index (Phi) is 4.02. The summed E-state index contributed by atoms with van der Waals surface area (Å²) >= 11 is 0. The maximum absolute atomic E-state index is 5.57. The fraction of sp³-hybridized carbons (Fsp3) is 0.692. The smallest absolute Gasteiger partial charge is 0.118 e. The van der Waals surface area contributed by atoms with Crippen LogP contribution in [0, 0.1) is 0 Å². The highest BCUT2D eigenvalue weighted by molar-refractivity contribution is 5.12. The first-order chi connectivity index (χ1) is 7.83. The van der Waals surface area contributed by atoms with Crippen LogP contribution in [0.25, 0.3) is 0 Å². The van der Waals surface area contributed by atoms with Crippen molar-refractivity contribution in [1.82, 2.24) is 4.90 Å². The van der Waals surface area contributed by atoms with E-state index in [1.165, 1.54) is 32.2 Å². The van der Waals surface area contributed by atoms with Crippen LogP contribution in [0.4, 0.5) is 0 Å². The van der Waals surface area contributed by atoms with Gasteiger partial charge in [0, 0.05) is 18.2 Å². The van der Waals surface area contributed by atoms with E-state index in [9.17, 15) is 0 Å². The molecule has 2 N–H and O–H groups in total. The molecule has 16 heavy (non-hydrogen) atoms. The molecule has 2 rings (SSSR count). The second-order valence-electron chi connectivity index (χ2n) is 4.68. The van der Waals surface area contributed by atoms with E-state index in [4.69, 9.17) is 10.2 Å². The lowest BCUT2D eigenvalue weighted by atomic mass is 10.2. The molecule has 1 saturated carbocycles. The Morgan fingerprint density at radius 3 is 2.88 bits per heavy atom. The SMILES string of the molecule is CCCCN(Cc1cc(CN)co1)C1CC1. The van der Waals surface area contributed by atoms with Crippen molar-refractivity contribution in [3.63, 3.8) is 0 Å². The molecule has 1 aliphatic carbocycles. The van der Waals surface area contributed by atoms with Gasteiger partial charge in [0.2, 0.25) is 0 Å². The number of nitrogens with zero attached hydrogens (tertiary/aromatic N) is 1. The number of furan rings is 1. The molecule has 1 aliphatic rings. The van der Waals surface area contributed by atoms with Gasteiger partial charge in [0.1, 0.15) is 5.76 Å². The van der Waals surface area contributed by atoms with E-state index in [2.05, 4.69) is 17.9 Å². The van der Waals surface area contributed by atoms with E-state index in [-0.39, 0.29) is 0 Å². The molecule has 0 aromatic carbocycles. The van der Waals surface area contributed by atoms with Crippen molar-refractivity contribution >= 4 is 0 Å². The van der Waals surface area contributed by atoms with Gasteiger partial charge in [-0.1, -0.05) is 13.3 Å². The van der Waals surface area contributed by atoms with E-state index in [1.807, 2.05) is 0 Å². The molecular weight excluding hydrogens is 200 g/mol. The quantitative estimate of drug-likeness (QED) is 0.770. The molecule has 0 amide bonds. The minimum atomic E-state index is 0.571. The maximum Gasteiger partial charge on any atom is 0.118 e. The van der Waals surface area contributed by atoms with Crippen LogP contribution in [0.3, 0.4) is 0 Å². The molecule has 3 heteroatoms. The molecule has 0 saturated heterocycles. The highest BCUT2D eigenvalue weighted by Crippen LogP contribution is 2.28. The summed E-state index contributed by atoms with van der Waals surface area (Å²) in [7, 11) is 0. The maximum atomic E-state index is 5.57. The summed E-state index contributed by atoms with van der Waals surface area (Å²) in [4.78, 5) is 2.54. The lowest BCUT2D eigenvalue weighted by molar-refractivity contribution is 0.230. The Balaban J connectivity index is 1.88. The Hall–Kier alpha value is -0.800. The molecule has 1 heterocycles. The molecule has 90 valence electrons. The predicted octanol–water partition coefficient (Wildman–Crippen LogP) is 2.50. The second-order valence-corrected chi connectivity index (χ2v) is 4.68. The van der Waals surface area contributed by atoms with Crippen LogP contribution >= 0.6 is 0 Å². The van der Waals surface area contributed by atoms with Gasteiger partial charge in [-0.3, -0.25) is 4.90 Å². The Bertz CT molecular complexity index is 317. The van der Waals surface area contributed by atoms with Crippen LogP contribution in [-0.4, -0.2) is 17.5 Å².